The quantitative estimate of drug-likeness (QED) is 0.901. The Morgan fingerprint density at radius 2 is 2.10 bits per heavy atom. The van der Waals surface area contributed by atoms with Crippen molar-refractivity contribution in [3.8, 4) is 5.75 Å². The normalized spacial score (nSPS) is 15.0. The molecule has 21 heavy (non-hydrogen) atoms. The third-order valence-electron chi connectivity index (χ3n) is 3.40. The average molecular weight is 314 g/mol. The van der Waals surface area contributed by atoms with E-state index in [0.717, 1.165) is 0 Å². The molecule has 1 aliphatic rings. The van der Waals surface area contributed by atoms with Crippen LogP contribution in [0, 0.1) is 0 Å². The molecule has 0 amide bonds. The smallest absolute Gasteiger partial charge is 0.339 e. The Labute approximate surface area is 123 Å². The summed E-state index contributed by atoms with van der Waals surface area (Å²) < 4.78 is 33.1. The van der Waals surface area contributed by atoms with Gasteiger partial charge in [0, 0.05) is 13.1 Å². The van der Waals surface area contributed by atoms with E-state index in [1.807, 2.05) is 0 Å². The zero-order chi connectivity index (χ0) is 15.8. The summed E-state index contributed by atoms with van der Waals surface area (Å²) in [6, 6.07) is 4.24. The molecule has 0 atom stereocenters. The van der Waals surface area contributed by atoms with E-state index in [0.29, 0.717) is 0 Å². The summed E-state index contributed by atoms with van der Waals surface area (Å²) in [6.45, 7) is 3.80. The maximum absolute atomic E-state index is 12.6. The summed E-state index contributed by atoms with van der Waals surface area (Å²) in [7, 11) is -2.23. The SMILES string of the molecule is CC(C)N(C)S(=O)(=O)N1CCOc2c(C(=O)O)cccc21. The summed E-state index contributed by atoms with van der Waals surface area (Å²) in [5.74, 6) is -1.06. The first-order chi connectivity index (χ1) is 9.76. The molecule has 0 saturated heterocycles. The number of hydrogen-bond acceptors (Lipinski definition) is 4. The van der Waals surface area contributed by atoms with Gasteiger partial charge in [-0.25, -0.2) is 4.79 Å². The molecule has 0 bridgehead atoms. The van der Waals surface area contributed by atoms with Gasteiger partial charge < -0.3 is 9.84 Å². The standard InChI is InChI=1S/C13H18N2O5S/c1-9(2)14(3)21(18,19)15-7-8-20-12-10(13(16)17)5-4-6-11(12)15/h4-6,9H,7-8H2,1-3H3,(H,16,17). The van der Waals surface area contributed by atoms with Gasteiger partial charge in [-0.3, -0.25) is 4.31 Å². The lowest BCUT2D eigenvalue weighted by atomic mass is 10.1. The number of anilines is 1. The number of ether oxygens (including phenoxy) is 1. The van der Waals surface area contributed by atoms with Crippen molar-refractivity contribution in [3.05, 3.63) is 23.8 Å². The number of fused-ring (bicyclic) bond motifs is 1. The van der Waals surface area contributed by atoms with Gasteiger partial charge in [0.1, 0.15) is 12.2 Å². The molecule has 1 aliphatic heterocycles. The Hall–Kier alpha value is -1.80. The molecule has 1 aromatic rings. The molecule has 116 valence electrons. The summed E-state index contributed by atoms with van der Waals surface area (Å²) in [5, 5.41) is 9.17. The van der Waals surface area contributed by atoms with Crippen LogP contribution >= 0.6 is 0 Å². The van der Waals surface area contributed by atoms with Crippen LogP contribution in [0.25, 0.3) is 0 Å². The van der Waals surface area contributed by atoms with Crippen LogP contribution in [0.5, 0.6) is 5.75 Å². The Kier molecular flexibility index (Phi) is 4.11. The van der Waals surface area contributed by atoms with E-state index in [4.69, 9.17) is 9.84 Å². The molecule has 0 saturated carbocycles. The van der Waals surface area contributed by atoms with Crippen LogP contribution < -0.4 is 9.04 Å². The van der Waals surface area contributed by atoms with Crippen LogP contribution in [0.4, 0.5) is 5.69 Å². The van der Waals surface area contributed by atoms with E-state index < -0.39 is 16.2 Å². The second-order valence-corrected chi connectivity index (χ2v) is 6.91. The van der Waals surface area contributed by atoms with Crippen LogP contribution in [-0.2, 0) is 10.2 Å². The van der Waals surface area contributed by atoms with Crippen molar-refractivity contribution in [2.45, 2.75) is 19.9 Å². The van der Waals surface area contributed by atoms with Crippen LogP contribution in [-0.4, -0.2) is 50.0 Å². The van der Waals surface area contributed by atoms with Crippen molar-refractivity contribution < 1.29 is 23.1 Å². The van der Waals surface area contributed by atoms with Crippen LogP contribution in [0.1, 0.15) is 24.2 Å². The number of hydrogen-bond donors (Lipinski definition) is 1. The second-order valence-electron chi connectivity index (χ2n) is 5.00. The van der Waals surface area contributed by atoms with Gasteiger partial charge in [-0.15, -0.1) is 0 Å². The van der Waals surface area contributed by atoms with E-state index in [1.165, 1.54) is 27.8 Å². The summed E-state index contributed by atoms with van der Waals surface area (Å²) >= 11 is 0. The monoisotopic (exact) mass is 314 g/mol. The number of para-hydroxylation sites is 1. The number of carbonyl (C=O) groups is 1. The molecule has 0 aromatic heterocycles. The molecule has 0 spiro atoms. The molecular formula is C13H18N2O5S. The van der Waals surface area contributed by atoms with Crippen LogP contribution in [0.3, 0.4) is 0 Å². The van der Waals surface area contributed by atoms with Crippen molar-refractivity contribution in [2.24, 2.45) is 0 Å². The molecule has 2 rings (SSSR count). The summed E-state index contributed by atoms with van der Waals surface area (Å²) in [6.07, 6.45) is 0. The lowest BCUT2D eigenvalue weighted by Gasteiger charge is -2.35. The zero-order valence-corrected chi connectivity index (χ0v) is 12.9. The van der Waals surface area contributed by atoms with Gasteiger partial charge >= 0.3 is 16.2 Å². The van der Waals surface area contributed by atoms with Crippen molar-refractivity contribution in [2.75, 3.05) is 24.5 Å². The Bertz CT molecular complexity index is 657. The molecular weight excluding hydrogens is 296 g/mol. The maximum Gasteiger partial charge on any atom is 0.339 e. The molecule has 0 radical (unpaired) electrons. The van der Waals surface area contributed by atoms with Gasteiger partial charge in [-0.05, 0) is 26.0 Å². The fourth-order valence-electron chi connectivity index (χ4n) is 2.05. The van der Waals surface area contributed by atoms with E-state index in [9.17, 15) is 13.2 Å². The molecule has 1 N–H and O–H groups in total. The summed E-state index contributed by atoms with van der Waals surface area (Å²) in [4.78, 5) is 11.2. The predicted molar refractivity (Wildman–Crippen MR) is 78.1 cm³/mol. The molecule has 0 unspecified atom stereocenters. The van der Waals surface area contributed by atoms with Crippen molar-refractivity contribution in [1.82, 2.24) is 4.31 Å². The largest absolute Gasteiger partial charge is 0.489 e. The molecule has 1 aromatic carbocycles. The van der Waals surface area contributed by atoms with Crippen LogP contribution in [0.2, 0.25) is 0 Å². The Balaban J connectivity index is 2.53. The predicted octanol–water partition coefficient (Wildman–Crippen LogP) is 1.17. The maximum atomic E-state index is 12.6. The zero-order valence-electron chi connectivity index (χ0n) is 12.1. The van der Waals surface area contributed by atoms with Crippen LogP contribution in [0.15, 0.2) is 18.2 Å². The third kappa shape index (κ3) is 2.68. The van der Waals surface area contributed by atoms with Gasteiger partial charge in [0.15, 0.2) is 5.75 Å². The highest BCUT2D eigenvalue weighted by molar-refractivity contribution is 7.90. The lowest BCUT2D eigenvalue weighted by Crippen LogP contribution is -2.48. The van der Waals surface area contributed by atoms with Gasteiger partial charge in [0.25, 0.3) is 0 Å². The Morgan fingerprint density at radius 1 is 1.43 bits per heavy atom. The fourth-order valence-corrected chi connectivity index (χ4v) is 3.60. The Morgan fingerprint density at radius 3 is 2.67 bits per heavy atom. The first-order valence-corrected chi connectivity index (χ1v) is 7.91. The highest BCUT2D eigenvalue weighted by Gasteiger charge is 2.34. The highest BCUT2D eigenvalue weighted by Crippen LogP contribution is 2.37. The number of rotatable bonds is 4. The van der Waals surface area contributed by atoms with Gasteiger partial charge in [-0.2, -0.15) is 12.7 Å². The van der Waals surface area contributed by atoms with Crippen molar-refractivity contribution in [1.29, 1.82) is 0 Å². The number of nitrogens with zero attached hydrogens (tertiary/aromatic N) is 2. The first kappa shape index (κ1) is 15.6. The molecule has 0 fully saturated rings. The third-order valence-corrected chi connectivity index (χ3v) is 5.49. The minimum atomic E-state index is -3.72. The number of carboxylic acid groups (broad SMARTS) is 1. The van der Waals surface area contributed by atoms with Gasteiger partial charge in [0.05, 0.1) is 12.2 Å². The van der Waals surface area contributed by atoms with E-state index in [2.05, 4.69) is 0 Å². The number of aromatic carboxylic acids is 1. The van der Waals surface area contributed by atoms with Gasteiger partial charge in [0.2, 0.25) is 0 Å². The lowest BCUT2D eigenvalue weighted by molar-refractivity contribution is 0.0692. The molecule has 8 heteroatoms. The fraction of sp³-hybridized carbons (Fsp3) is 0.462. The first-order valence-electron chi connectivity index (χ1n) is 6.51. The van der Waals surface area contributed by atoms with E-state index in [1.54, 1.807) is 19.9 Å². The number of benzene rings is 1. The molecule has 1 heterocycles. The second kappa shape index (κ2) is 5.53. The van der Waals surface area contributed by atoms with E-state index >= 15 is 0 Å². The summed E-state index contributed by atoms with van der Waals surface area (Å²) in [5.41, 5.74) is 0.216. The van der Waals surface area contributed by atoms with Crippen molar-refractivity contribution in [3.63, 3.8) is 0 Å². The molecule has 0 aliphatic carbocycles. The van der Waals surface area contributed by atoms with Crippen molar-refractivity contribution >= 4 is 21.9 Å². The van der Waals surface area contributed by atoms with Gasteiger partial charge in [-0.1, -0.05) is 6.07 Å². The topological polar surface area (TPSA) is 87.2 Å². The average Bonchev–Trinajstić information content (AvgIpc) is 2.44. The van der Waals surface area contributed by atoms with E-state index in [-0.39, 0.29) is 36.2 Å². The highest BCUT2D eigenvalue weighted by atomic mass is 32.2. The molecule has 7 nitrogen and oxygen atoms in total. The minimum absolute atomic E-state index is 0.0420. The minimum Gasteiger partial charge on any atom is -0.489 e. The number of carboxylic acids is 1.